The summed E-state index contributed by atoms with van der Waals surface area (Å²) in [6, 6.07) is 0.600. The molecule has 0 aliphatic heterocycles. The van der Waals surface area contributed by atoms with E-state index in [0.29, 0.717) is 11.5 Å². The van der Waals surface area contributed by atoms with Gasteiger partial charge in [-0.25, -0.2) is 0 Å². The van der Waals surface area contributed by atoms with E-state index in [0.717, 1.165) is 11.6 Å². The molecule has 2 N–H and O–H groups in total. The number of aromatic amines is 1. The predicted molar refractivity (Wildman–Crippen MR) is 58.2 cm³/mol. The van der Waals surface area contributed by atoms with E-state index in [-0.39, 0.29) is 0 Å². The number of hydrogen-bond acceptors (Lipinski definition) is 2. The van der Waals surface area contributed by atoms with Crippen molar-refractivity contribution in [2.75, 3.05) is 5.32 Å². The lowest BCUT2D eigenvalue weighted by Gasteiger charge is -2.18. The summed E-state index contributed by atoms with van der Waals surface area (Å²) in [6.45, 7) is 6.93. The highest BCUT2D eigenvalue weighted by atomic mass is 15.1. The summed E-state index contributed by atoms with van der Waals surface area (Å²) in [5.41, 5.74) is 1.65. The number of aromatic nitrogens is 2. The third kappa shape index (κ3) is 1.76. The molecule has 1 aromatic heterocycles. The normalized spacial score (nSPS) is 25.8. The fourth-order valence-corrected chi connectivity index (χ4v) is 2.23. The smallest absolute Gasteiger partial charge is 0.0726 e. The van der Waals surface area contributed by atoms with Crippen LogP contribution in [0, 0.1) is 11.3 Å². The van der Waals surface area contributed by atoms with Crippen molar-refractivity contribution in [1.29, 1.82) is 0 Å². The SMILES string of the molecule is CCC(Nc1cn[nH]c1)C1CC1(C)C. The third-order valence-electron chi connectivity index (χ3n) is 3.37. The second kappa shape index (κ2) is 3.30. The van der Waals surface area contributed by atoms with Gasteiger partial charge < -0.3 is 5.32 Å². The summed E-state index contributed by atoms with van der Waals surface area (Å²) >= 11 is 0. The Labute approximate surface area is 85.3 Å². The molecule has 0 amide bonds. The van der Waals surface area contributed by atoms with Gasteiger partial charge in [0, 0.05) is 12.2 Å². The van der Waals surface area contributed by atoms with Crippen LogP contribution in [-0.2, 0) is 0 Å². The van der Waals surface area contributed by atoms with Crippen molar-refractivity contribution in [3.63, 3.8) is 0 Å². The first kappa shape index (κ1) is 9.56. The van der Waals surface area contributed by atoms with Crippen molar-refractivity contribution in [3.05, 3.63) is 12.4 Å². The van der Waals surface area contributed by atoms with Gasteiger partial charge in [-0.05, 0) is 24.2 Å². The molecule has 1 aliphatic carbocycles. The maximum Gasteiger partial charge on any atom is 0.0726 e. The quantitative estimate of drug-likeness (QED) is 0.771. The van der Waals surface area contributed by atoms with Crippen LogP contribution in [0.4, 0.5) is 5.69 Å². The molecule has 3 nitrogen and oxygen atoms in total. The minimum atomic E-state index is 0.539. The Balaban J connectivity index is 1.95. The van der Waals surface area contributed by atoms with Crippen LogP contribution in [0.15, 0.2) is 12.4 Å². The van der Waals surface area contributed by atoms with Gasteiger partial charge in [0.15, 0.2) is 0 Å². The van der Waals surface area contributed by atoms with Gasteiger partial charge in [0.1, 0.15) is 0 Å². The van der Waals surface area contributed by atoms with E-state index < -0.39 is 0 Å². The fourth-order valence-electron chi connectivity index (χ4n) is 2.23. The number of nitrogens with one attached hydrogen (secondary N) is 2. The zero-order valence-electron chi connectivity index (χ0n) is 9.17. The molecule has 0 spiro atoms. The summed E-state index contributed by atoms with van der Waals surface area (Å²) in [5.74, 6) is 0.822. The molecule has 3 heteroatoms. The largest absolute Gasteiger partial charge is 0.379 e. The maximum absolute atomic E-state index is 3.94. The highest BCUT2D eigenvalue weighted by molar-refractivity contribution is 5.39. The molecule has 0 bridgehead atoms. The molecule has 2 atom stereocenters. The second-order valence-corrected chi connectivity index (χ2v) is 4.95. The predicted octanol–water partition coefficient (Wildman–Crippen LogP) is 2.65. The van der Waals surface area contributed by atoms with E-state index in [1.807, 2.05) is 12.4 Å². The highest BCUT2D eigenvalue weighted by Crippen LogP contribution is 2.54. The van der Waals surface area contributed by atoms with Crippen LogP contribution in [0.25, 0.3) is 0 Å². The Bertz CT molecular complexity index is 289. The van der Waals surface area contributed by atoms with Crippen molar-refractivity contribution in [1.82, 2.24) is 10.2 Å². The third-order valence-corrected chi connectivity index (χ3v) is 3.37. The fraction of sp³-hybridized carbons (Fsp3) is 0.727. The number of rotatable bonds is 4. The molecule has 2 rings (SSSR count). The van der Waals surface area contributed by atoms with E-state index in [1.54, 1.807) is 0 Å². The Hall–Kier alpha value is -0.990. The average molecular weight is 193 g/mol. The molecule has 1 aliphatic rings. The van der Waals surface area contributed by atoms with E-state index in [9.17, 15) is 0 Å². The number of anilines is 1. The van der Waals surface area contributed by atoms with E-state index in [2.05, 4.69) is 36.3 Å². The van der Waals surface area contributed by atoms with Crippen molar-refractivity contribution in [2.45, 2.75) is 39.7 Å². The molecular formula is C11H19N3. The summed E-state index contributed by atoms with van der Waals surface area (Å²) in [7, 11) is 0. The summed E-state index contributed by atoms with van der Waals surface area (Å²) in [6.07, 6.45) is 6.28. The molecule has 14 heavy (non-hydrogen) atoms. The average Bonchev–Trinajstić information content (AvgIpc) is 2.62. The van der Waals surface area contributed by atoms with E-state index in [1.165, 1.54) is 12.8 Å². The second-order valence-electron chi connectivity index (χ2n) is 4.95. The van der Waals surface area contributed by atoms with Gasteiger partial charge >= 0.3 is 0 Å². The lowest BCUT2D eigenvalue weighted by atomic mass is 10.0. The molecule has 1 fully saturated rings. The zero-order chi connectivity index (χ0) is 10.2. The molecule has 78 valence electrons. The standard InChI is InChI=1S/C11H19N3/c1-4-10(9-5-11(9,2)3)14-8-6-12-13-7-8/h6-7,9-10,14H,4-5H2,1-3H3,(H,12,13). The Morgan fingerprint density at radius 3 is 2.86 bits per heavy atom. The van der Waals surface area contributed by atoms with Crippen LogP contribution < -0.4 is 5.32 Å². The molecule has 1 saturated carbocycles. The number of H-pyrrole nitrogens is 1. The first-order chi connectivity index (χ1) is 6.63. The van der Waals surface area contributed by atoms with Crippen LogP contribution in [0.3, 0.4) is 0 Å². The van der Waals surface area contributed by atoms with Crippen LogP contribution in [0.2, 0.25) is 0 Å². The zero-order valence-corrected chi connectivity index (χ0v) is 9.17. The lowest BCUT2D eigenvalue weighted by Crippen LogP contribution is -2.22. The van der Waals surface area contributed by atoms with Gasteiger partial charge in [0.25, 0.3) is 0 Å². The molecule has 0 radical (unpaired) electrons. The molecule has 0 saturated heterocycles. The van der Waals surface area contributed by atoms with Crippen LogP contribution in [-0.4, -0.2) is 16.2 Å². The minimum absolute atomic E-state index is 0.539. The van der Waals surface area contributed by atoms with E-state index >= 15 is 0 Å². The molecule has 0 aromatic carbocycles. The van der Waals surface area contributed by atoms with Crippen molar-refractivity contribution in [2.24, 2.45) is 11.3 Å². The summed E-state index contributed by atoms with van der Waals surface area (Å²) < 4.78 is 0. The van der Waals surface area contributed by atoms with Gasteiger partial charge in [-0.1, -0.05) is 20.8 Å². The van der Waals surface area contributed by atoms with Crippen LogP contribution in [0.1, 0.15) is 33.6 Å². The topological polar surface area (TPSA) is 40.7 Å². The van der Waals surface area contributed by atoms with Crippen LogP contribution in [0.5, 0.6) is 0 Å². The monoisotopic (exact) mass is 193 g/mol. The number of hydrogen-bond donors (Lipinski definition) is 2. The minimum Gasteiger partial charge on any atom is -0.379 e. The maximum atomic E-state index is 3.94. The highest BCUT2D eigenvalue weighted by Gasteiger charge is 2.49. The Morgan fingerprint density at radius 2 is 2.43 bits per heavy atom. The first-order valence-corrected chi connectivity index (χ1v) is 5.39. The molecule has 2 unspecified atom stereocenters. The number of nitrogens with zero attached hydrogens (tertiary/aromatic N) is 1. The van der Waals surface area contributed by atoms with Gasteiger partial charge in [0.05, 0.1) is 11.9 Å². The molecular weight excluding hydrogens is 174 g/mol. The van der Waals surface area contributed by atoms with Crippen LogP contribution >= 0.6 is 0 Å². The molecule has 1 aromatic rings. The van der Waals surface area contributed by atoms with Crippen molar-refractivity contribution >= 4 is 5.69 Å². The van der Waals surface area contributed by atoms with Gasteiger partial charge in [-0.15, -0.1) is 0 Å². The Kier molecular flexibility index (Phi) is 2.25. The molecule has 1 heterocycles. The Morgan fingerprint density at radius 1 is 1.71 bits per heavy atom. The lowest BCUT2D eigenvalue weighted by molar-refractivity contribution is 0.490. The van der Waals surface area contributed by atoms with Gasteiger partial charge in [0.2, 0.25) is 0 Å². The van der Waals surface area contributed by atoms with Crippen molar-refractivity contribution in [3.8, 4) is 0 Å². The van der Waals surface area contributed by atoms with Crippen molar-refractivity contribution < 1.29 is 0 Å². The van der Waals surface area contributed by atoms with Gasteiger partial charge in [-0.2, -0.15) is 5.10 Å². The van der Waals surface area contributed by atoms with Gasteiger partial charge in [-0.3, -0.25) is 5.10 Å². The summed E-state index contributed by atoms with van der Waals surface area (Å²) in [5, 5.41) is 10.3. The first-order valence-electron chi connectivity index (χ1n) is 5.39. The summed E-state index contributed by atoms with van der Waals surface area (Å²) in [4.78, 5) is 0. The van der Waals surface area contributed by atoms with E-state index in [4.69, 9.17) is 0 Å².